The predicted octanol–water partition coefficient (Wildman–Crippen LogP) is 3.27. The summed E-state index contributed by atoms with van der Waals surface area (Å²) in [6, 6.07) is 5.25. The monoisotopic (exact) mass is 247 g/mol. The van der Waals surface area contributed by atoms with Crippen LogP contribution in [0.15, 0.2) is 18.2 Å². The van der Waals surface area contributed by atoms with Gasteiger partial charge in [-0.25, -0.2) is 0 Å². The van der Waals surface area contributed by atoms with Crippen molar-refractivity contribution in [2.45, 2.75) is 25.3 Å². The third-order valence-corrected chi connectivity index (χ3v) is 2.99. The number of nitrogens with two attached hydrogens (primary N) is 1. The first-order valence-electron chi connectivity index (χ1n) is 4.91. The third-order valence-electron chi connectivity index (χ3n) is 2.68. The standard InChI is InChI=1S/C11H14ClNO.ClH/c12-9-6-8(3-4-11(9)14)10(13)5-7-1-2-7;/h3-4,6-7,10,14H,1-2,5,13H2;1H/t10-;/m1./s1. The van der Waals surface area contributed by atoms with Crippen molar-refractivity contribution < 1.29 is 5.11 Å². The maximum absolute atomic E-state index is 9.25. The van der Waals surface area contributed by atoms with Crippen LogP contribution in [0.25, 0.3) is 0 Å². The Morgan fingerprint density at radius 1 is 1.47 bits per heavy atom. The van der Waals surface area contributed by atoms with Crippen molar-refractivity contribution in [3.05, 3.63) is 28.8 Å². The molecule has 3 N–H and O–H groups in total. The fraction of sp³-hybridized carbons (Fsp3) is 0.455. The average Bonchev–Trinajstić information content (AvgIpc) is 2.93. The minimum Gasteiger partial charge on any atom is -0.506 e. The van der Waals surface area contributed by atoms with E-state index in [-0.39, 0.29) is 24.2 Å². The van der Waals surface area contributed by atoms with Crippen LogP contribution in [-0.2, 0) is 0 Å². The lowest BCUT2D eigenvalue weighted by Gasteiger charge is -2.11. The first kappa shape index (κ1) is 12.6. The molecule has 4 heteroatoms. The molecule has 84 valence electrons. The molecule has 15 heavy (non-hydrogen) atoms. The van der Waals surface area contributed by atoms with Crippen LogP contribution < -0.4 is 5.73 Å². The normalized spacial score (nSPS) is 16.9. The number of phenolic OH excluding ortho intramolecular Hbond substituents is 1. The molecule has 1 aliphatic rings. The Kier molecular flexibility index (Phi) is 4.26. The highest BCUT2D eigenvalue weighted by Crippen LogP contribution is 2.37. The average molecular weight is 248 g/mol. The summed E-state index contributed by atoms with van der Waals surface area (Å²) in [6.45, 7) is 0. The minimum atomic E-state index is 0. The Bertz CT molecular complexity index is 339. The van der Waals surface area contributed by atoms with Gasteiger partial charge in [0.2, 0.25) is 0 Å². The lowest BCUT2D eigenvalue weighted by molar-refractivity contribution is 0.475. The van der Waals surface area contributed by atoms with Gasteiger partial charge < -0.3 is 10.8 Å². The van der Waals surface area contributed by atoms with Crippen molar-refractivity contribution >= 4 is 24.0 Å². The van der Waals surface area contributed by atoms with E-state index in [4.69, 9.17) is 17.3 Å². The fourth-order valence-electron chi connectivity index (χ4n) is 1.60. The van der Waals surface area contributed by atoms with Gasteiger partial charge in [0.15, 0.2) is 0 Å². The van der Waals surface area contributed by atoms with E-state index in [9.17, 15) is 5.11 Å². The summed E-state index contributed by atoms with van der Waals surface area (Å²) < 4.78 is 0. The van der Waals surface area contributed by atoms with E-state index in [0.717, 1.165) is 17.9 Å². The zero-order valence-electron chi connectivity index (χ0n) is 8.32. The molecule has 0 aliphatic heterocycles. The Hall–Kier alpha value is -0.440. The van der Waals surface area contributed by atoms with Gasteiger partial charge in [-0.05, 0) is 30.0 Å². The van der Waals surface area contributed by atoms with Gasteiger partial charge >= 0.3 is 0 Å². The van der Waals surface area contributed by atoms with Crippen molar-refractivity contribution in [3.8, 4) is 5.75 Å². The van der Waals surface area contributed by atoms with Crippen molar-refractivity contribution in [2.75, 3.05) is 0 Å². The second kappa shape index (κ2) is 5.06. The lowest BCUT2D eigenvalue weighted by atomic mass is 10.0. The molecule has 0 bridgehead atoms. The third kappa shape index (κ3) is 3.26. The molecule has 0 saturated heterocycles. The van der Waals surface area contributed by atoms with E-state index in [0.29, 0.717) is 5.02 Å². The van der Waals surface area contributed by atoms with E-state index < -0.39 is 0 Å². The lowest BCUT2D eigenvalue weighted by Crippen LogP contribution is -2.10. The zero-order valence-corrected chi connectivity index (χ0v) is 9.89. The van der Waals surface area contributed by atoms with Crippen molar-refractivity contribution in [2.24, 2.45) is 11.7 Å². The quantitative estimate of drug-likeness (QED) is 0.862. The summed E-state index contributed by atoms with van der Waals surface area (Å²) in [5.74, 6) is 0.923. The van der Waals surface area contributed by atoms with Crippen LogP contribution in [0.5, 0.6) is 5.75 Å². The summed E-state index contributed by atoms with van der Waals surface area (Å²) >= 11 is 5.80. The molecule has 1 saturated carbocycles. The van der Waals surface area contributed by atoms with Gasteiger partial charge in [-0.2, -0.15) is 0 Å². The van der Waals surface area contributed by atoms with E-state index in [1.165, 1.54) is 12.8 Å². The molecular weight excluding hydrogens is 233 g/mol. The molecule has 1 aromatic rings. The first-order valence-corrected chi connectivity index (χ1v) is 5.28. The number of hydrogen-bond donors (Lipinski definition) is 2. The van der Waals surface area contributed by atoms with Gasteiger partial charge in [0.25, 0.3) is 0 Å². The van der Waals surface area contributed by atoms with Gasteiger partial charge in [-0.1, -0.05) is 30.5 Å². The summed E-state index contributed by atoms with van der Waals surface area (Å²) in [7, 11) is 0. The molecule has 0 aromatic heterocycles. The van der Waals surface area contributed by atoms with Crippen molar-refractivity contribution in [1.29, 1.82) is 0 Å². The Morgan fingerprint density at radius 3 is 2.67 bits per heavy atom. The van der Waals surface area contributed by atoms with Gasteiger partial charge in [-0.15, -0.1) is 12.4 Å². The second-order valence-electron chi connectivity index (χ2n) is 4.00. The molecule has 1 aliphatic carbocycles. The van der Waals surface area contributed by atoms with Crippen LogP contribution in [0.2, 0.25) is 5.02 Å². The van der Waals surface area contributed by atoms with Crippen LogP contribution in [0.3, 0.4) is 0 Å². The highest BCUT2D eigenvalue weighted by molar-refractivity contribution is 6.32. The van der Waals surface area contributed by atoms with Crippen LogP contribution in [-0.4, -0.2) is 5.11 Å². The molecule has 0 radical (unpaired) electrons. The SMILES string of the molecule is Cl.N[C@H](CC1CC1)c1ccc(O)c(Cl)c1. The van der Waals surface area contributed by atoms with Crippen LogP contribution >= 0.6 is 24.0 Å². The first-order chi connectivity index (χ1) is 6.66. The zero-order chi connectivity index (χ0) is 10.1. The van der Waals surface area contributed by atoms with Gasteiger partial charge in [0.1, 0.15) is 5.75 Å². The maximum atomic E-state index is 9.25. The predicted molar refractivity (Wildman–Crippen MR) is 64.6 cm³/mol. The van der Waals surface area contributed by atoms with Crippen molar-refractivity contribution in [1.82, 2.24) is 0 Å². The fourth-order valence-corrected chi connectivity index (χ4v) is 1.79. The highest BCUT2D eigenvalue weighted by atomic mass is 35.5. The summed E-state index contributed by atoms with van der Waals surface area (Å²) in [5.41, 5.74) is 7.03. The number of hydrogen-bond acceptors (Lipinski definition) is 2. The molecule has 0 heterocycles. The Morgan fingerprint density at radius 2 is 2.13 bits per heavy atom. The topological polar surface area (TPSA) is 46.2 Å². The molecule has 1 atom stereocenters. The molecular formula is C11H15Cl2NO. The number of halogens is 2. The number of aromatic hydroxyl groups is 1. The van der Waals surface area contributed by atoms with E-state index in [1.54, 1.807) is 12.1 Å². The smallest absolute Gasteiger partial charge is 0.134 e. The molecule has 0 spiro atoms. The Balaban J connectivity index is 0.00000112. The number of phenols is 1. The van der Waals surface area contributed by atoms with Crippen LogP contribution in [0.1, 0.15) is 30.9 Å². The minimum absolute atomic E-state index is 0. The molecule has 0 amide bonds. The van der Waals surface area contributed by atoms with Gasteiger partial charge in [-0.3, -0.25) is 0 Å². The number of rotatable bonds is 3. The maximum Gasteiger partial charge on any atom is 0.134 e. The summed E-state index contributed by atoms with van der Waals surface area (Å²) in [6.07, 6.45) is 3.64. The second-order valence-corrected chi connectivity index (χ2v) is 4.40. The van der Waals surface area contributed by atoms with E-state index in [1.807, 2.05) is 6.07 Å². The number of benzene rings is 1. The summed E-state index contributed by atoms with van der Waals surface area (Å²) in [4.78, 5) is 0. The highest BCUT2D eigenvalue weighted by Gasteiger charge is 2.24. The Labute approximate surface area is 101 Å². The molecule has 0 unspecified atom stereocenters. The molecule has 1 aromatic carbocycles. The van der Waals surface area contributed by atoms with Gasteiger partial charge in [0, 0.05) is 6.04 Å². The van der Waals surface area contributed by atoms with Gasteiger partial charge in [0.05, 0.1) is 5.02 Å². The molecule has 2 nitrogen and oxygen atoms in total. The van der Waals surface area contributed by atoms with E-state index >= 15 is 0 Å². The van der Waals surface area contributed by atoms with Crippen molar-refractivity contribution in [3.63, 3.8) is 0 Å². The summed E-state index contributed by atoms with van der Waals surface area (Å²) in [5, 5.41) is 9.63. The molecule has 2 rings (SSSR count). The van der Waals surface area contributed by atoms with E-state index in [2.05, 4.69) is 0 Å². The largest absolute Gasteiger partial charge is 0.506 e. The van der Waals surface area contributed by atoms with Crippen LogP contribution in [0.4, 0.5) is 0 Å². The van der Waals surface area contributed by atoms with Crippen LogP contribution in [0, 0.1) is 5.92 Å². The molecule has 1 fully saturated rings.